The van der Waals surface area contributed by atoms with Crippen molar-refractivity contribution in [3.8, 4) is 0 Å². The third-order valence-electron chi connectivity index (χ3n) is 2.74. The topological polar surface area (TPSA) is 66.6 Å². The molecule has 2 atom stereocenters. The van der Waals surface area contributed by atoms with Crippen LogP contribution in [0.4, 0.5) is 0 Å². The molecule has 1 aromatic heterocycles. The molecule has 84 valence electrons. The van der Waals surface area contributed by atoms with Gasteiger partial charge in [-0.15, -0.1) is 0 Å². The van der Waals surface area contributed by atoms with E-state index in [1.165, 1.54) is 6.39 Å². The summed E-state index contributed by atoms with van der Waals surface area (Å²) in [5.41, 5.74) is 0.798. The molecule has 0 saturated heterocycles. The normalized spacial score (nSPS) is 15.3. The Kier molecular flexibility index (Phi) is 3.47. The smallest absolute Gasteiger partial charge is 0.320 e. The standard InChI is InChI=1S/C10H16N2O3/c1-6-9(15-5-11-6)7(2)12(4)8(3)10(13)14/h5,7-8H,1-4H3,(H,13,14). The van der Waals surface area contributed by atoms with E-state index >= 15 is 0 Å². The van der Waals surface area contributed by atoms with E-state index in [1.807, 2.05) is 13.8 Å². The van der Waals surface area contributed by atoms with Crippen LogP contribution in [-0.2, 0) is 4.79 Å². The monoisotopic (exact) mass is 212 g/mol. The van der Waals surface area contributed by atoms with Crippen LogP contribution in [-0.4, -0.2) is 34.0 Å². The van der Waals surface area contributed by atoms with E-state index in [9.17, 15) is 4.79 Å². The Balaban J connectivity index is 2.81. The van der Waals surface area contributed by atoms with Gasteiger partial charge < -0.3 is 9.52 Å². The van der Waals surface area contributed by atoms with Crippen molar-refractivity contribution in [2.75, 3.05) is 7.05 Å². The molecule has 0 aromatic carbocycles. The van der Waals surface area contributed by atoms with E-state index in [1.54, 1.807) is 18.9 Å². The van der Waals surface area contributed by atoms with Gasteiger partial charge in [0, 0.05) is 0 Å². The largest absolute Gasteiger partial charge is 0.480 e. The zero-order chi connectivity index (χ0) is 11.6. The van der Waals surface area contributed by atoms with Crippen LogP contribution in [0.5, 0.6) is 0 Å². The summed E-state index contributed by atoms with van der Waals surface area (Å²) in [7, 11) is 1.76. The second-order valence-corrected chi connectivity index (χ2v) is 3.66. The average molecular weight is 212 g/mol. The predicted octanol–water partition coefficient (Wildman–Crippen LogP) is 1.45. The Bertz CT molecular complexity index is 348. The third-order valence-corrected chi connectivity index (χ3v) is 2.74. The summed E-state index contributed by atoms with van der Waals surface area (Å²) >= 11 is 0. The molecule has 0 radical (unpaired) electrons. The van der Waals surface area contributed by atoms with E-state index in [2.05, 4.69) is 4.98 Å². The van der Waals surface area contributed by atoms with Crippen LogP contribution in [0.25, 0.3) is 0 Å². The van der Waals surface area contributed by atoms with Crippen molar-refractivity contribution < 1.29 is 14.3 Å². The van der Waals surface area contributed by atoms with Crippen molar-refractivity contribution in [1.82, 2.24) is 9.88 Å². The highest BCUT2D eigenvalue weighted by Crippen LogP contribution is 2.23. The molecule has 2 unspecified atom stereocenters. The first-order valence-corrected chi connectivity index (χ1v) is 4.80. The molecule has 5 heteroatoms. The highest BCUT2D eigenvalue weighted by atomic mass is 16.4. The summed E-state index contributed by atoms with van der Waals surface area (Å²) in [5.74, 6) is -0.132. The van der Waals surface area contributed by atoms with Gasteiger partial charge in [-0.1, -0.05) is 0 Å². The molecule has 1 rings (SSSR count). The number of carboxylic acid groups (broad SMARTS) is 1. The zero-order valence-electron chi connectivity index (χ0n) is 9.39. The number of carbonyl (C=O) groups is 1. The van der Waals surface area contributed by atoms with Crippen molar-refractivity contribution >= 4 is 5.97 Å². The van der Waals surface area contributed by atoms with Crippen LogP contribution in [0, 0.1) is 6.92 Å². The zero-order valence-corrected chi connectivity index (χ0v) is 9.39. The molecule has 1 N–H and O–H groups in total. The quantitative estimate of drug-likeness (QED) is 0.818. The maximum atomic E-state index is 10.8. The Morgan fingerprint density at radius 1 is 1.60 bits per heavy atom. The Labute approximate surface area is 88.7 Å². The van der Waals surface area contributed by atoms with Gasteiger partial charge in [-0.05, 0) is 27.8 Å². The Hall–Kier alpha value is -1.36. The van der Waals surface area contributed by atoms with E-state index < -0.39 is 12.0 Å². The number of rotatable bonds is 4. The fraction of sp³-hybridized carbons (Fsp3) is 0.600. The van der Waals surface area contributed by atoms with Crippen molar-refractivity contribution in [1.29, 1.82) is 0 Å². The first kappa shape index (κ1) is 11.7. The van der Waals surface area contributed by atoms with Gasteiger partial charge >= 0.3 is 5.97 Å². The average Bonchev–Trinajstić information content (AvgIpc) is 2.60. The van der Waals surface area contributed by atoms with Crippen LogP contribution < -0.4 is 0 Å². The van der Waals surface area contributed by atoms with E-state index in [4.69, 9.17) is 9.52 Å². The highest BCUT2D eigenvalue weighted by molar-refractivity contribution is 5.72. The lowest BCUT2D eigenvalue weighted by Crippen LogP contribution is -2.37. The first-order valence-electron chi connectivity index (χ1n) is 4.80. The van der Waals surface area contributed by atoms with Gasteiger partial charge in [-0.3, -0.25) is 9.69 Å². The molecule has 1 heterocycles. The molecule has 0 aliphatic carbocycles. The number of aryl methyl sites for hydroxylation is 1. The van der Waals surface area contributed by atoms with Crippen molar-refractivity contribution in [3.05, 3.63) is 17.8 Å². The van der Waals surface area contributed by atoms with Crippen LogP contribution in [0.2, 0.25) is 0 Å². The highest BCUT2D eigenvalue weighted by Gasteiger charge is 2.25. The van der Waals surface area contributed by atoms with E-state index in [0.29, 0.717) is 5.76 Å². The molecule has 0 bridgehead atoms. The summed E-state index contributed by atoms with van der Waals surface area (Å²) in [4.78, 5) is 16.5. The van der Waals surface area contributed by atoms with Gasteiger partial charge in [0.1, 0.15) is 11.8 Å². The van der Waals surface area contributed by atoms with Gasteiger partial charge in [0.2, 0.25) is 0 Å². The molecule has 0 aliphatic heterocycles. The number of aromatic nitrogens is 1. The number of likely N-dealkylation sites (N-methyl/N-ethyl adjacent to an activating group) is 1. The Morgan fingerprint density at radius 2 is 2.20 bits per heavy atom. The lowest BCUT2D eigenvalue weighted by Gasteiger charge is -2.26. The van der Waals surface area contributed by atoms with Crippen LogP contribution in [0.3, 0.4) is 0 Å². The number of hydrogen-bond donors (Lipinski definition) is 1. The van der Waals surface area contributed by atoms with Crippen molar-refractivity contribution in [2.24, 2.45) is 0 Å². The fourth-order valence-corrected chi connectivity index (χ4v) is 1.41. The van der Waals surface area contributed by atoms with Crippen molar-refractivity contribution in [3.63, 3.8) is 0 Å². The minimum Gasteiger partial charge on any atom is -0.480 e. The molecule has 0 spiro atoms. The lowest BCUT2D eigenvalue weighted by molar-refractivity contribution is -0.143. The van der Waals surface area contributed by atoms with Crippen LogP contribution in [0.1, 0.15) is 31.3 Å². The Morgan fingerprint density at radius 3 is 2.60 bits per heavy atom. The molecular weight excluding hydrogens is 196 g/mol. The minimum absolute atomic E-state index is 0.0985. The number of carboxylic acids is 1. The van der Waals surface area contributed by atoms with Gasteiger partial charge in [0.15, 0.2) is 6.39 Å². The predicted molar refractivity (Wildman–Crippen MR) is 54.5 cm³/mol. The minimum atomic E-state index is -0.846. The molecule has 5 nitrogen and oxygen atoms in total. The number of aliphatic carboxylic acids is 1. The van der Waals surface area contributed by atoms with Gasteiger partial charge in [0.05, 0.1) is 11.7 Å². The van der Waals surface area contributed by atoms with E-state index in [-0.39, 0.29) is 6.04 Å². The molecule has 1 aromatic rings. The fourth-order valence-electron chi connectivity index (χ4n) is 1.41. The van der Waals surface area contributed by atoms with Crippen molar-refractivity contribution in [2.45, 2.75) is 32.9 Å². The third kappa shape index (κ3) is 2.36. The lowest BCUT2D eigenvalue weighted by atomic mass is 10.1. The molecule has 0 saturated carbocycles. The van der Waals surface area contributed by atoms with Gasteiger partial charge in [0.25, 0.3) is 0 Å². The summed E-state index contributed by atoms with van der Waals surface area (Å²) in [6.07, 6.45) is 1.38. The number of hydrogen-bond acceptors (Lipinski definition) is 4. The summed E-state index contributed by atoms with van der Waals surface area (Å²) in [6.45, 7) is 5.38. The van der Waals surface area contributed by atoms with Gasteiger partial charge in [-0.25, -0.2) is 4.98 Å². The van der Waals surface area contributed by atoms with Crippen LogP contribution >= 0.6 is 0 Å². The second-order valence-electron chi connectivity index (χ2n) is 3.66. The van der Waals surface area contributed by atoms with E-state index in [0.717, 1.165) is 5.69 Å². The summed E-state index contributed by atoms with van der Waals surface area (Å²) in [6, 6.07) is -0.650. The van der Waals surface area contributed by atoms with Gasteiger partial charge in [-0.2, -0.15) is 0 Å². The number of nitrogens with zero attached hydrogens (tertiary/aromatic N) is 2. The van der Waals surface area contributed by atoms with Crippen LogP contribution in [0.15, 0.2) is 10.8 Å². The molecule has 15 heavy (non-hydrogen) atoms. The maximum Gasteiger partial charge on any atom is 0.320 e. The number of oxazole rings is 1. The molecule has 0 amide bonds. The maximum absolute atomic E-state index is 10.8. The second kappa shape index (κ2) is 4.44. The molecule has 0 aliphatic rings. The summed E-state index contributed by atoms with van der Waals surface area (Å²) < 4.78 is 5.23. The molecular formula is C10H16N2O3. The first-order chi connectivity index (χ1) is 6.95. The SMILES string of the molecule is Cc1ncoc1C(C)N(C)C(C)C(=O)O. The molecule has 0 fully saturated rings. The summed E-state index contributed by atoms with van der Waals surface area (Å²) in [5, 5.41) is 8.88.